The summed E-state index contributed by atoms with van der Waals surface area (Å²) in [6.45, 7) is 11.3. The zero-order valence-electron chi connectivity index (χ0n) is 18.6. The quantitative estimate of drug-likeness (QED) is 0.313. The smallest absolute Gasteiger partial charge is 0.246 e. The van der Waals surface area contributed by atoms with Gasteiger partial charge >= 0.3 is 0 Å². The summed E-state index contributed by atoms with van der Waals surface area (Å²) < 4.78 is 16.3. The predicted octanol–water partition coefficient (Wildman–Crippen LogP) is 3.91. The van der Waals surface area contributed by atoms with Crippen LogP contribution in [0.1, 0.15) is 79.1 Å². The second-order valence-electron chi connectivity index (χ2n) is 7.78. The van der Waals surface area contributed by atoms with Crippen LogP contribution in [0.5, 0.6) is 0 Å². The summed E-state index contributed by atoms with van der Waals surface area (Å²) in [6, 6.07) is 0. The number of Topliss-reactive ketones (excluding diaryl/α,β-unsaturated/α-hetero) is 1. The van der Waals surface area contributed by atoms with Crippen molar-refractivity contribution in [2.75, 3.05) is 39.6 Å². The van der Waals surface area contributed by atoms with E-state index in [1.165, 1.54) is 0 Å². The third kappa shape index (κ3) is 19.8. The van der Waals surface area contributed by atoms with E-state index in [1.807, 2.05) is 27.7 Å². The summed E-state index contributed by atoms with van der Waals surface area (Å²) in [6.07, 6.45) is 8.04. The fraction of sp³-hybridized carbons (Fsp3) is 0.909. The van der Waals surface area contributed by atoms with Gasteiger partial charge in [-0.25, -0.2) is 0 Å². The molecule has 0 aromatic rings. The van der Waals surface area contributed by atoms with E-state index in [1.54, 1.807) is 0 Å². The van der Waals surface area contributed by atoms with Crippen LogP contribution in [0.3, 0.4) is 0 Å². The topological polar surface area (TPSA) is 73.9 Å². The van der Waals surface area contributed by atoms with Crippen LogP contribution in [0.2, 0.25) is 0 Å². The van der Waals surface area contributed by atoms with E-state index in [-0.39, 0.29) is 24.5 Å². The molecule has 28 heavy (non-hydrogen) atoms. The van der Waals surface area contributed by atoms with Crippen LogP contribution in [0.25, 0.3) is 0 Å². The summed E-state index contributed by atoms with van der Waals surface area (Å²) in [5.74, 6) is 0.486. The minimum absolute atomic E-state index is 0.0499. The normalized spacial score (nSPS) is 11.4. The molecule has 0 heterocycles. The molecule has 0 aromatic carbocycles. The van der Waals surface area contributed by atoms with Gasteiger partial charge in [0.15, 0.2) is 0 Å². The number of hydrogen-bond acceptors (Lipinski definition) is 5. The maximum atomic E-state index is 11.5. The second kappa shape index (κ2) is 19.3. The standard InChI is InChI=1S/C22H43NO5/c1-19(2)21(24)12-8-5-6-10-14-26-16-17-27-15-11-7-9-13-23-22(25)18-28-20(3)4/h19-20H,5-18H2,1-4H3,(H,23,25). The minimum Gasteiger partial charge on any atom is -0.379 e. The summed E-state index contributed by atoms with van der Waals surface area (Å²) >= 11 is 0. The van der Waals surface area contributed by atoms with Crippen molar-refractivity contribution in [1.82, 2.24) is 5.32 Å². The van der Waals surface area contributed by atoms with Crippen molar-refractivity contribution < 1.29 is 23.8 Å². The summed E-state index contributed by atoms with van der Waals surface area (Å²) in [5, 5.41) is 2.85. The molecule has 0 fully saturated rings. The zero-order chi connectivity index (χ0) is 21.0. The van der Waals surface area contributed by atoms with Gasteiger partial charge in [0.1, 0.15) is 12.4 Å². The average Bonchev–Trinajstić information content (AvgIpc) is 2.65. The number of nitrogens with one attached hydrogen (secondary N) is 1. The molecular formula is C22H43NO5. The summed E-state index contributed by atoms with van der Waals surface area (Å²) in [4.78, 5) is 22.9. The molecular weight excluding hydrogens is 358 g/mol. The van der Waals surface area contributed by atoms with Gasteiger partial charge < -0.3 is 19.5 Å². The highest BCUT2D eigenvalue weighted by atomic mass is 16.5. The van der Waals surface area contributed by atoms with Gasteiger partial charge in [-0.3, -0.25) is 9.59 Å². The molecule has 0 saturated carbocycles. The lowest BCUT2D eigenvalue weighted by Gasteiger charge is -2.08. The number of ether oxygens (including phenoxy) is 3. The first-order valence-corrected chi connectivity index (χ1v) is 11.0. The van der Waals surface area contributed by atoms with E-state index in [0.29, 0.717) is 32.0 Å². The van der Waals surface area contributed by atoms with E-state index in [4.69, 9.17) is 14.2 Å². The van der Waals surface area contributed by atoms with Gasteiger partial charge in [-0.1, -0.05) is 26.7 Å². The monoisotopic (exact) mass is 401 g/mol. The number of ketones is 1. The minimum atomic E-state index is -0.0499. The molecule has 6 nitrogen and oxygen atoms in total. The molecule has 0 radical (unpaired) electrons. The van der Waals surface area contributed by atoms with Crippen LogP contribution in [-0.4, -0.2) is 57.4 Å². The van der Waals surface area contributed by atoms with Crippen molar-refractivity contribution in [3.63, 3.8) is 0 Å². The maximum absolute atomic E-state index is 11.5. The Morgan fingerprint density at radius 1 is 0.750 bits per heavy atom. The number of carbonyl (C=O) groups is 2. The first-order valence-electron chi connectivity index (χ1n) is 11.0. The Kier molecular flexibility index (Phi) is 18.7. The van der Waals surface area contributed by atoms with Crippen LogP contribution in [-0.2, 0) is 23.8 Å². The first-order chi connectivity index (χ1) is 13.4. The van der Waals surface area contributed by atoms with Crippen molar-refractivity contribution in [1.29, 1.82) is 0 Å². The Morgan fingerprint density at radius 3 is 1.89 bits per heavy atom. The van der Waals surface area contributed by atoms with Crippen LogP contribution < -0.4 is 5.32 Å². The third-order valence-corrected chi connectivity index (χ3v) is 4.31. The van der Waals surface area contributed by atoms with Gasteiger partial charge in [0, 0.05) is 32.1 Å². The largest absolute Gasteiger partial charge is 0.379 e. The van der Waals surface area contributed by atoms with Crippen molar-refractivity contribution >= 4 is 11.7 Å². The van der Waals surface area contributed by atoms with E-state index in [2.05, 4.69) is 5.32 Å². The van der Waals surface area contributed by atoms with Crippen LogP contribution in [0.4, 0.5) is 0 Å². The second-order valence-corrected chi connectivity index (χ2v) is 7.78. The third-order valence-electron chi connectivity index (χ3n) is 4.31. The highest BCUT2D eigenvalue weighted by Crippen LogP contribution is 2.07. The van der Waals surface area contributed by atoms with Gasteiger partial charge in [0.25, 0.3) is 0 Å². The summed E-state index contributed by atoms with van der Waals surface area (Å²) in [5.41, 5.74) is 0. The fourth-order valence-electron chi connectivity index (χ4n) is 2.49. The van der Waals surface area contributed by atoms with Gasteiger partial charge in [0.2, 0.25) is 5.91 Å². The number of amides is 1. The predicted molar refractivity (Wildman–Crippen MR) is 113 cm³/mol. The summed E-state index contributed by atoms with van der Waals surface area (Å²) in [7, 11) is 0. The zero-order valence-corrected chi connectivity index (χ0v) is 18.6. The van der Waals surface area contributed by atoms with Gasteiger partial charge in [-0.05, 0) is 46.0 Å². The van der Waals surface area contributed by atoms with Crippen molar-refractivity contribution in [2.45, 2.75) is 85.2 Å². The lowest BCUT2D eigenvalue weighted by molar-refractivity contribution is -0.127. The molecule has 6 heteroatoms. The molecule has 0 spiro atoms. The maximum Gasteiger partial charge on any atom is 0.246 e. The van der Waals surface area contributed by atoms with Gasteiger partial charge in [0.05, 0.1) is 19.3 Å². The molecule has 0 atom stereocenters. The Labute approximate surface area is 172 Å². The molecule has 0 bridgehead atoms. The average molecular weight is 402 g/mol. The lowest BCUT2D eigenvalue weighted by atomic mass is 10.0. The van der Waals surface area contributed by atoms with Crippen LogP contribution in [0, 0.1) is 5.92 Å². The number of hydrogen-bond donors (Lipinski definition) is 1. The number of carbonyl (C=O) groups excluding carboxylic acids is 2. The Hall–Kier alpha value is -0.980. The van der Waals surface area contributed by atoms with Gasteiger partial charge in [-0.2, -0.15) is 0 Å². The van der Waals surface area contributed by atoms with Gasteiger partial charge in [-0.15, -0.1) is 0 Å². The first kappa shape index (κ1) is 27.0. The molecule has 1 amide bonds. The number of unbranched alkanes of at least 4 members (excludes halogenated alkanes) is 5. The molecule has 0 aromatic heterocycles. The molecule has 166 valence electrons. The molecule has 0 unspecified atom stereocenters. The Balaban J connectivity index is 3.16. The van der Waals surface area contributed by atoms with E-state index >= 15 is 0 Å². The van der Waals surface area contributed by atoms with E-state index in [9.17, 15) is 9.59 Å². The van der Waals surface area contributed by atoms with Crippen molar-refractivity contribution in [3.05, 3.63) is 0 Å². The fourth-order valence-corrected chi connectivity index (χ4v) is 2.49. The van der Waals surface area contributed by atoms with Crippen molar-refractivity contribution in [2.24, 2.45) is 5.92 Å². The molecule has 0 aliphatic heterocycles. The Morgan fingerprint density at radius 2 is 1.32 bits per heavy atom. The van der Waals surface area contributed by atoms with Crippen LogP contribution >= 0.6 is 0 Å². The highest BCUT2D eigenvalue weighted by Gasteiger charge is 2.05. The van der Waals surface area contributed by atoms with Crippen molar-refractivity contribution in [3.8, 4) is 0 Å². The molecule has 0 rings (SSSR count). The molecule has 0 aliphatic rings. The molecule has 0 saturated heterocycles. The highest BCUT2D eigenvalue weighted by molar-refractivity contribution is 5.80. The molecule has 0 aliphatic carbocycles. The van der Waals surface area contributed by atoms with Crippen LogP contribution in [0.15, 0.2) is 0 Å². The molecule has 1 N–H and O–H groups in total. The Bertz CT molecular complexity index is 385. The van der Waals surface area contributed by atoms with E-state index < -0.39 is 0 Å². The lowest BCUT2D eigenvalue weighted by Crippen LogP contribution is -2.29. The number of rotatable bonds is 20. The van der Waals surface area contributed by atoms with E-state index in [0.717, 1.165) is 58.2 Å². The SMILES string of the molecule is CC(C)OCC(=O)NCCCCCOCCOCCCCCCC(=O)C(C)C.